The molecule has 1 aliphatic heterocycles. The summed E-state index contributed by atoms with van der Waals surface area (Å²) in [5.74, 6) is -1.28. The van der Waals surface area contributed by atoms with Gasteiger partial charge >= 0.3 is 0 Å². The molecular formula is C16H14F2N2O. The predicted octanol–water partition coefficient (Wildman–Crippen LogP) is 2.62. The second kappa shape index (κ2) is 5.52. The van der Waals surface area contributed by atoms with E-state index in [4.69, 9.17) is 0 Å². The largest absolute Gasteiger partial charge is 0.373 e. The van der Waals surface area contributed by atoms with E-state index in [-0.39, 0.29) is 24.1 Å². The van der Waals surface area contributed by atoms with Crippen LogP contribution in [0.1, 0.15) is 11.1 Å². The Hall–Kier alpha value is -2.43. The van der Waals surface area contributed by atoms with Gasteiger partial charge < -0.3 is 10.6 Å². The second-order valence-corrected chi connectivity index (χ2v) is 5.01. The molecule has 0 saturated carbocycles. The lowest BCUT2D eigenvalue weighted by molar-refractivity contribution is -0.121. The molecule has 1 atom stereocenters. The van der Waals surface area contributed by atoms with Gasteiger partial charge in [-0.2, -0.15) is 0 Å². The quantitative estimate of drug-likeness (QED) is 0.911. The van der Waals surface area contributed by atoms with Crippen LogP contribution < -0.4 is 10.6 Å². The SMILES string of the molecule is O=C(NCc1cc(F)ccc1F)[C@@H]1Cc2ccccc2N1. The molecule has 0 bridgehead atoms. The number of fused-ring (bicyclic) bond motifs is 1. The number of hydrogen-bond acceptors (Lipinski definition) is 2. The standard InChI is InChI=1S/C16H14F2N2O/c17-12-5-6-13(18)11(7-12)9-19-16(21)15-8-10-3-1-2-4-14(10)20-15/h1-7,15,20H,8-9H2,(H,19,21)/t15-/m0/s1. The van der Waals surface area contributed by atoms with Crippen molar-refractivity contribution < 1.29 is 13.6 Å². The summed E-state index contributed by atoms with van der Waals surface area (Å²) in [6.45, 7) is -0.0308. The van der Waals surface area contributed by atoms with Gasteiger partial charge in [-0.3, -0.25) is 4.79 Å². The van der Waals surface area contributed by atoms with E-state index in [1.54, 1.807) is 0 Å². The maximum absolute atomic E-state index is 13.5. The normalized spacial score (nSPS) is 16.2. The first-order chi connectivity index (χ1) is 10.1. The highest BCUT2D eigenvalue weighted by atomic mass is 19.1. The smallest absolute Gasteiger partial charge is 0.243 e. The molecule has 3 nitrogen and oxygen atoms in total. The topological polar surface area (TPSA) is 41.1 Å². The van der Waals surface area contributed by atoms with E-state index in [2.05, 4.69) is 10.6 Å². The van der Waals surface area contributed by atoms with Gasteiger partial charge in [-0.25, -0.2) is 8.78 Å². The number of hydrogen-bond donors (Lipinski definition) is 2. The van der Waals surface area contributed by atoms with Crippen LogP contribution in [0.15, 0.2) is 42.5 Å². The van der Waals surface area contributed by atoms with Crippen LogP contribution >= 0.6 is 0 Å². The van der Waals surface area contributed by atoms with Crippen molar-refractivity contribution in [3.63, 3.8) is 0 Å². The van der Waals surface area contributed by atoms with Crippen LogP contribution in [0.2, 0.25) is 0 Å². The van der Waals surface area contributed by atoms with Crippen LogP contribution in [-0.4, -0.2) is 11.9 Å². The average molecular weight is 288 g/mol. The molecule has 1 aliphatic rings. The highest BCUT2D eigenvalue weighted by molar-refractivity contribution is 5.87. The monoisotopic (exact) mass is 288 g/mol. The van der Waals surface area contributed by atoms with E-state index in [0.29, 0.717) is 6.42 Å². The Morgan fingerprint density at radius 1 is 1.24 bits per heavy atom. The Morgan fingerprint density at radius 3 is 2.86 bits per heavy atom. The van der Waals surface area contributed by atoms with Crippen molar-refractivity contribution in [1.29, 1.82) is 0 Å². The van der Waals surface area contributed by atoms with E-state index < -0.39 is 11.6 Å². The number of carbonyl (C=O) groups is 1. The van der Waals surface area contributed by atoms with Crippen molar-refractivity contribution in [3.05, 3.63) is 65.2 Å². The van der Waals surface area contributed by atoms with E-state index >= 15 is 0 Å². The van der Waals surface area contributed by atoms with Crippen LogP contribution in [0.3, 0.4) is 0 Å². The first kappa shape index (κ1) is 13.5. The van der Waals surface area contributed by atoms with Gasteiger partial charge in [0.25, 0.3) is 0 Å². The van der Waals surface area contributed by atoms with Gasteiger partial charge in [0, 0.05) is 24.2 Å². The first-order valence-corrected chi connectivity index (χ1v) is 6.69. The first-order valence-electron chi connectivity index (χ1n) is 6.69. The molecule has 0 unspecified atom stereocenters. The van der Waals surface area contributed by atoms with Crippen LogP contribution in [0.4, 0.5) is 14.5 Å². The summed E-state index contributed by atoms with van der Waals surface area (Å²) >= 11 is 0. The zero-order valence-corrected chi connectivity index (χ0v) is 11.2. The molecule has 1 amide bonds. The lowest BCUT2D eigenvalue weighted by atomic mass is 10.1. The van der Waals surface area contributed by atoms with E-state index in [0.717, 1.165) is 29.4 Å². The number of anilines is 1. The Balaban J connectivity index is 1.62. The summed E-state index contributed by atoms with van der Waals surface area (Å²) in [4.78, 5) is 12.1. The van der Waals surface area contributed by atoms with E-state index in [9.17, 15) is 13.6 Å². The third-order valence-corrected chi connectivity index (χ3v) is 3.55. The molecule has 108 valence electrons. The Bertz CT molecular complexity index is 663. The third-order valence-electron chi connectivity index (χ3n) is 3.55. The predicted molar refractivity (Wildman–Crippen MR) is 75.8 cm³/mol. The minimum Gasteiger partial charge on any atom is -0.373 e. The van der Waals surface area contributed by atoms with Crippen LogP contribution in [0, 0.1) is 11.6 Å². The fourth-order valence-corrected chi connectivity index (χ4v) is 2.44. The molecule has 0 fully saturated rings. The molecule has 2 aromatic carbocycles. The Morgan fingerprint density at radius 2 is 2.05 bits per heavy atom. The summed E-state index contributed by atoms with van der Waals surface area (Å²) in [5.41, 5.74) is 2.16. The third kappa shape index (κ3) is 2.86. The van der Waals surface area contributed by atoms with Crippen molar-refractivity contribution in [2.75, 3.05) is 5.32 Å². The molecular weight excluding hydrogens is 274 g/mol. The number of rotatable bonds is 3. The molecule has 0 radical (unpaired) electrons. The fraction of sp³-hybridized carbons (Fsp3) is 0.188. The minimum absolute atomic E-state index is 0.0308. The Labute approximate surface area is 121 Å². The summed E-state index contributed by atoms with van der Waals surface area (Å²) < 4.78 is 26.5. The molecule has 0 aliphatic carbocycles. The van der Waals surface area contributed by atoms with Crippen LogP contribution in [0.25, 0.3) is 0 Å². The summed E-state index contributed by atoms with van der Waals surface area (Å²) in [7, 11) is 0. The van der Waals surface area contributed by atoms with Crippen LogP contribution in [-0.2, 0) is 17.8 Å². The zero-order valence-electron chi connectivity index (χ0n) is 11.2. The van der Waals surface area contributed by atoms with Crippen molar-refractivity contribution in [2.45, 2.75) is 19.0 Å². The molecule has 5 heteroatoms. The van der Waals surface area contributed by atoms with Gasteiger partial charge in [-0.05, 0) is 29.8 Å². The van der Waals surface area contributed by atoms with Crippen molar-refractivity contribution >= 4 is 11.6 Å². The lowest BCUT2D eigenvalue weighted by Crippen LogP contribution is -2.38. The molecule has 0 saturated heterocycles. The maximum atomic E-state index is 13.5. The molecule has 21 heavy (non-hydrogen) atoms. The summed E-state index contributed by atoms with van der Waals surface area (Å²) in [5, 5.41) is 5.75. The van der Waals surface area contributed by atoms with Gasteiger partial charge in [0.05, 0.1) is 0 Å². The highest BCUT2D eigenvalue weighted by Gasteiger charge is 2.26. The van der Waals surface area contributed by atoms with E-state index in [1.807, 2.05) is 24.3 Å². The fourth-order valence-electron chi connectivity index (χ4n) is 2.44. The number of para-hydroxylation sites is 1. The molecule has 0 spiro atoms. The second-order valence-electron chi connectivity index (χ2n) is 5.01. The minimum atomic E-state index is -0.528. The number of carbonyl (C=O) groups excluding carboxylic acids is 1. The summed E-state index contributed by atoms with van der Waals surface area (Å²) in [6, 6.07) is 10.5. The van der Waals surface area contributed by atoms with Gasteiger partial charge in [-0.15, -0.1) is 0 Å². The van der Waals surface area contributed by atoms with Gasteiger partial charge in [0.15, 0.2) is 0 Å². The maximum Gasteiger partial charge on any atom is 0.243 e. The average Bonchev–Trinajstić information content (AvgIpc) is 2.92. The number of halogens is 2. The molecule has 2 N–H and O–H groups in total. The number of benzene rings is 2. The Kier molecular flexibility index (Phi) is 3.56. The number of nitrogens with one attached hydrogen (secondary N) is 2. The van der Waals surface area contributed by atoms with Gasteiger partial charge in [0.1, 0.15) is 17.7 Å². The van der Waals surface area contributed by atoms with Crippen LogP contribution in [0.5, 0.6) is 0 Å². The lowest BCUT2D eigenvalue weighted by Gasteiger charge is -2.12. The van der Waals surface area contributed by atoms with Gasteiger partial charge in [-0.1, -0.05) is 18.2 Å². The zero-order chi connectivity index (χ0) is 14.8. The van der Waals surface area contributed by atoms with Crippen molar-refractivity contribution in [1.82, 2.24) is 5.32 Å². The molecule has 1 heterocycles. The molecule has 3 rings (SSSR count). The van der Waals surface area contributed by atoms with Crippen molar-refractivity contribution in [2.24, 2.45) is 0 Å². The molecule has 0 aromatic heterocycles. The molecule has 2 aromatic rings. The number of amides is 1. The summed E-state index contributed by atoms with van der Waals surface area (Å²) in [6.07, 6.45) is 0.591. The highest BCUT2D eigenvalue weighted by Crippen LogP contribution is 2.25. The van der Waals surface area contributed by atoms with E-state index in [1.165, 1.54) is 0 Å². The van der Waals surface area contributed by atoms with Gasteiger partial charge in [0.2, 0.25) is 5.91 Å². The van der Waals surface area contributed by atoms with Crippen molar-refractivity contribution in [3.8, 4) is 0 Å².